The average molecular weight is 371 g/mol. The smallest absolute Gasteiger partial charge is 0.231 e. The van der Waals surface area contributed by atoms with Crippen molar-refractivity contribution in [2.75, 3.05) is 6.73 Å². The van der Waals surface area contributed by atoms with Crippen LogP contribution in [0.25, 0.3) is 6.08 Å². The number of hydrogen-bond acceptors (Lipinski definition) is 6. The molecule has 0 saturated heterocycles. The molecule has 0 bridgehead atoms. The topological polar surface area (TPSA) is 64.5 Å². The first-order valence-corrected chi connectivity index (χ1v) is 9.03. The third-order valence-corrected chi connectivity index (χ3v) is 4.78. The van der Waals surface area contributed by atoms with Gasteiger partial charge in [-0.25, -0.2) is 0 Å². The van der Waals surface area contributed by atoms with Crippen LogP contribution in [-0.4, -0.2) is 27.4 Å². The highest BCUT2D eigenvalue weighted by Gasteiger charge is 2.33. The third kappa shape index (κ3) is 3.04. The van der Waals surface area contributed by atoms with Gasteiger partial charge in [0.1, 0.15) is 18.2 Å². The first-order chi connectivity index (χ1) is 13.8. The standard InChI is InChI=1S/C22H17N3O3/c26-21-17-6-7-19-18(13-25(14-27-19)12-16-5-1-2-9-24-16)22(17)28-20(21)10-15-4-3-8-23-11-15/h1-11H,12-14H2. The maximum Gasteiger partial charge on any atom is 0.231 e. The largest absolute Gasteiger partial charge is 0.478 e. The summed E-state index contributed by atoms with van der Waals surface area (Å²) >= 11 is 0. The number of ketones is 1. The number of benzene rings is 1. The highest BCUT2D eigenvalue weighted by atomic mass is 16.5. The van der Waals surface area contributed by atoms with Gasteiger partial charge in [0.15, 0.2) is 5.76 Å². The Balaban J connectivity index is 1.44. The van der Waals surface area contributed by atoms with Crippen LogP contribution in [0.15, 0.2) is 66.8 Å². The van der Waals surface area contributed by atoms with E-state index in [2.05, 4.69) is 14.9 Å². The molecule has 28 heavy (non-hydrogen) atoms. The summed E-state index contributed by atoms with van der Waals surface area (Å²) in [5, 5.41) is 0. The number of hydrogen-bond donors (Lipinski definition) is 0. The van der Waals surface area contributed by atoms with E-state index in [4.69, 9.17) is 9.47 Å². The molecule has 6 nitrogen and oxygen atoms in total. The third-order valence-electron chi connectivity index (χ3n) is 4.78. The van der Waals surface area contributed by atoms with Crippen molar-refractivity contribution in [2.45, 2.75) is 13.1 Å². The van der Waals surface area contributed by atoms with Crippen LogP contribution in [0, 0.1) is 0 Å². The van der Waals surface area contributed by atoms with Crippen LogP contribution in [0.3, 0.4) is 0 Å². The number of pyridine rings is 2. The van der Waals surface area contributed by atoms with Crippen molar-refractivity contribution >= 4 is 11.9 Å². The van der Waals surface area contributed by atoms with Crippen molar-refractivity contribution in [1.29, 1.82) is 0 Å². The molecule has 5 rings (SSSR count). The SMILES string of the molecule is O=C1C(=Cc2cccnc2)Oc2c1ccc1c2CN(Cc2ccccn2)CO1. The van der Waals surface area contributed by atoms with E-state index in [1.165, 1.54) is 0 Å². The maximum atomic E-state index is 12.8. The number of fused-ring (bicyclic) bond motifs is 3. The zero-order valence-electron chi connectivity index (χ0n) is 15.0. The van der Waals surface area contributed by atoms with E-state index in [1.807, 2.05) is 36.4 Å². The van der Waals surface area contributed by atoms with Gasteiger partial charge in [0.2, 0.25) is 5.78 Å². The van der Waals surface area contributed by atoms with Crippen LogP contribution < -0.4 is 9.47 Å². The van der Waals surface area contributed by atoms with E-state index >= 15 is 0 Å². The van der Waals surface area contributed by atoms with Crippen molar-refractivity contribution in [1.82, 2.24) is 14.9 Å². The summed E-state index contributed by atoms with van der Waals surface area (Å²) in [5.41, 5.74) is 3.25. The molecule has 4 heterocycles. The molecule has 2 aromatic heterocycles. The molecule has 6 heteroatoms. The zero-order valence-corrected chi connectivity index (χ0v) is 15.0. The molecular weight excluding hydrogens is 354 g/mol. The Hall–Kier alpha value is -3.51. The molecule has 0 atom stereocenters. The zero-order chi connectivity index (χ0) is 18.9. The fourth-order valence-electron chi connectivity index (χ4n) is 3.44. The van der Waals surface area contributed by atoms with Gasteiger partial charge in [0, 0.05) is 31.7 Å². The Morgan fingerprint density at radius 1 is 1.11 bits per heavy atom. The number of carbonyl (C=O) groups excluding carboxylic acids is 1. The highest BCUT2D eigenvalue weighted by molar-refractivity contribution is 6.15. The highest BCUT2D eigenvalue weighted by Crippen LogP contribution is 2.42. The summed E-state index contributed by atoms with van der Waals surface area (Å²) in [6, 6.07) is 13.2. The predicted molar refractivity (Wildman–Crippen MR) is 103 cm³/mol. The van der Waals surface area contributed by atoms with Crippen LogP contribution >= 0.6 is 0 Å². The molecule has 3 aromatic rings. The quantitative estimate of drug-likeness (QED) is 0.657. The lowest BCUT2D eigenvalue weighted by Gasteiger charge is -2.29. The number of rotatable bonds is 3. The van der Waals surface area contributed by atoms with Gasteiger partial charge in [-0.1, -0.05) is 12.1 Å². The van der Waals surface area contributed by atoms with E-state index in [0.29, 0.717) is 36.9 Å². The van der Waals surface area contributed by atoms with E-state index < -0.39 is 0 Å². The van der Waals surface area contributed by atoms with E-state index in [0.717, 1.165) is 22.6 Å². The number of ether oxygens (including phenoxy) is 2. The molecule has 0 aliphatic carbocycles. The lowest BCUT2D eigenvalue weighted by molar-refractivity contribution is 0.0861. The number of Topliss-reactive ketones (excluding diaryl/α,β-unsaturated/α-hetero) is 1. The van der Waals surface area contributed by atoms with Crippen molar-refractivity contribution in [3.05, 3.63) is 89.2 Å². The summed E-state index contributed by atoms with van der Waals surface area (Å²) in [4.78, 5) is 23.4. The van der Waals surface area contributed by atoms with Gasteiger partial charge >= 0.3 is 0 Å². The summed E-state index contributed by atoms with van der Waals surface area (Å²) in [5.74, 6) is 1.52. The summed E-state index contributed by atoms with van der Waals surface area (Å²) < 4.78 is 11.9. The number of allylic oxidation sites excluding steroid dienone is 1. The fourth-order valence-corrected chi connectivity index (χ4v) is 3.44. The van der Waals surface area contributed by atoms with Gasteiger partial charge in [-0.05, 0) is 42.0 Å². The van der Waals surface area contributed by atoms with Crippen LogP contribution in [0.2, 0.25) is 0 Å². The number of carbonyl (C=O) groups is 1. The van der Waals surface area contributed by atoms with Gasteiger partial charge < -0.3 is 9.47 Å². The second-order valence-corrected chi connectivity index (χ2v) is 6.73. The molecule has 0 saturated carbocycles. The monoisotopic (exact) mass is 371 g/mol. The maximum absolute atomic E-state index is 12.8. The second-order valence-electron chi connectivity index (χ2n) is 6.73. The molecule has 0 fully saturated rings. The Kier molecular flexibility index (Phi) is 4.10. The lowest BCUT2D eigenvalue weighted by atomic mass is 10.0. The predicted octanol–water partition coefficient (Wildman–Crippen LogP) is 3.44. The first kappa shape index (κ1) is 16.6. The van der Waals surface area contributed by atoms with Crippen molar-refractivity contribution < 1.29 is 14.3 Å². The molecular formula is C22H17N3O3. The van der Waals surface area contributed by atoms with E-state index in [1.54, 1.807) is 30.7 Å². The normalized spacial score (nSPS) is 17.0. The molecule has 2 aliphatic rings. The van der Waals surface area contributed by atoms with E-state index in [9.17, 15) is 4.79 Å². The Labute approximate surface area is 162 Å². The molecule has 0 amide bonds. The fraction of sp³-hybridized carbons (Fsp3) is 0.136. The van der Waals surface area contributed by atoms with Gasteiger partial charge in [0.05, 0.1) is 16.8 Å². The average Bonchev–Trinajstić information content (AvgIpc) is 3.05. The molecule has 0 spiro atoms. The lowest BCUT2D eigenvalue weighted by Crippen LogP contribution is -2.32. The van der Waals surface area contributed by atoms with Crippen molar-refractivity contribution in [2.24, 2.45) is 0 Å². The minimum absolute atomic E-state index is 0.122. The second kappa shape index (κ2) is 6.90. The van der Waals surface area contributed by atoms with Crippen molar-refractivity contribution in [3.63, 3.8) is 0 Å². The molecule has 2 aliphatic heterocycles. The first-order valence-electron chi connectivity index (χ1n) is 9.03. The number of nitrogens with zero attached hydrogens (tertiary/aromatic N) is 3. The Bertz CT molecular complexity index is 1070. The Morgan fingerprint density at radius 3 is 2.89 bits per heavy atom. The molecule has 0 N–H and O–H groups in total. The summed E-state index contributed by atoms with van der Waals surface area (Å²) in [7, 11) is 0. The summed E-state index contributed by atoms with van der Waals surface area (Å²) in [6.07, 6.45) is 6.89. The Morgan fingerprint density at radius 2 is 2.07 bits per heavy atom. The molecule has 1 aromatic carbocycles. The van der Waals surface area contributed by atoms with Crippen LogP contribution in [0.4, 0.5) is 0 Å². The molecule has 0 unspecified atom stereocenters. The number of aromatic nitrogens is 2. The van der Waals surface area contributed by atoms with Gasteiger partial charge in [-0.15, -0.1) is 0 Å². The molecule has 138 valence electrons. The van der Waals surface area contributed by atoms with Crippen LogP contribution in [0.5, 0.6) is 11.5 Å². The van der Waals surface area contributed by atoms with E-state index in [-0.39, 0.29) is 5.78 Å². The van der Waals surface area contributed by atoms with Crippen LogP contribution in [-0.2, 0) is 13.1 Å². The van der Waals surface area contributed by atoms with Crippen molar-refractivity contribution in [3.8, 4) is 11.5 Å². The minimum atomic E-state index is -0.122. The van der Waals surface area contributed by atoms with Gasteiger partial charge in [-0.2, -0.15) is 0 Å². The minimum Gasteiger partial charge on any atom is -0.478 e. The van der Waals surface area contributed by atoms with Gasteiger partial charge in [-0.3, -0.25) is 19.7 Å². The molecule has 0 radical (unpaired) electrons. The summed E-state index contributed by atoms with van der Waals surface area (Å²) in [6.45, 7) is 1.76. The van der Waals surface area contributed by atoms with Crippen LogP contribution in [0.1, 0.15) is 27.2 Å². The van der Waals surface area contributed by atoms with Gasteiger partial charge in [0.25, 0.3) is 0 Å².